The number of morpholine rings is 1. The standard InChI is InChI=1S/C17H22N6OS/c1-3-14-20-12(10-25-14)9-18-15-13-8-11(2)19-16(13)22-17(21-15)23-4-6-24-7-5-23/h8,10H,3-7,9H2,1-2H3,(H2,18,19,21,22). The molecule has 0 aromatic carbocycles. The van der Waals surface area contributed by atoms with Crippen LogP contribution in [0.25, 0.3) is 11.0 Å². The number of aromatic nitrogens is 4. The summed E-state index contributed by atoms with van der Waals surface area (Å²) < 4.78 is 5.43. The molecule has 1 aliphatic heterocycles. The van der Waals surface area contributed by atoms with E-state index < -0.39 is 0 Å². The molecule has 0 saturated carbocycles. The quantitative estimate of drug-likeness (QED) is 0.730. The molecular formula is C17H22N6OS. The van der Waals surface area contributed by atoms with Crippen molar-refractivity contribution in [1.82, 2.24) is 19.9 Å². The molecule has 0 spiro atoms. The average Bonchev–Trinajstić information content (AvgIpc) is 3.25. The number of hydrogen-bond donors (Lipinski definition) is 2. The number of ether oxygens (including phenoxy) is 1. The number of aryl methyl sites for hydroxylation is 2. The lowest BCUT2D eigenvalue weighted by atomic mass is 10.3. The van der Waals surface area contributed by atoms with Crippen molar-refractivity contribution in [3.8, 4) is 0 Å². The van der Waals surface area contributed by atoms with Crippen molar-refractivity contribution in [2.24, 2.45) is 0 Å². The van der Waals surface area contributed by atoms with Gasteiger partial charge in [-0.3, -0.25) is 0 Å². The molecule has 0 aliphatic carbocycles. The number of anilines is 2. The van der Waals surface area contributed by atoms with Crippen LogP contribution >= 0.6 is 11.3 Å². The summed E-state index contributed by atoms with van der Waals surface area (Å²) in [4.78, 5) is 19.6. The van der Waals surface area contributed by atoms with Gasteiger partial charge in [0, 0.05) is 24.2 Å². The summed E-state index contributed by atoms with van der Waals surface area (Å²) in [5, 5.41) is 7.73. The molecule has 2 N–H and O–H groups in total. The third kappa shape index (κ3) is 3.45. The van der Waals surface area contributed by atoms with Gasteiger partial charge in [-0.05, 0) is 19.4 Å². The maximum absolute atomic E-state index is 5.43. The number of nitrogens with zero attached hydrogens (tertiary/aromatic N) is 4. The van der Waals surface area contributed by atoms with Crippen LogP contribution in [0.2, 0.25) is 0 Å². The number of nitrogens with one attached hydrogen (secondary N) is 2. The van der Waals surface area contributed by atoms with E-state index in [4.69, 9.17) is 14.7 Å². The molecule has 3 aromatic rings. The van der Waals surface area contributed by atoms with Gasteiger partial charge in [-0.2, -0.15) is 9.97 Å². The summed E-state index contributed by atoms with van der Waals surface area (Å²) in [6.45, 7) is 7.89. The molecule has 0 radical (unpaired) electrons. The molecule has 25 heavy (non-hydrogen) atoms. The lowest BCUT2D eigenvalue weighted by Gasteiger charge is -2.27. The van der Waals surface area contributed by atoms with Crippen LogP contribution in [0, 0.1) is 6.92 Å². The molecule has 1 fully saturated rings. The van der Waals surface area contributed by atoms with Crippen LogP contribution in [-0.4, -0.2) is 46.2 Å². The Morgan fingerprint density at radius 2 is 2.12 bits per heavy atom. The van der Waals surface area contributed by atoms with Crippen LogP contribution < -0.4 is 10.2 Å². The number of thiazole rings is 1. The number of H-pyrrole nitrogens is 1. The first kappa shape index (κ1) is 16.3. The molecule has 0 unspecified atom stereocenters. The van der Waals surface area contributed by atoms with Crippen LogP contribution in [0.1, 0.15) is 23.3 Å². The second kappa shape index (κ2) is 6.97. The van der Waals surface area contributed by atoms with Crippen LogP contribution in [0.15, 0.2) is 11.4 Å². The van der Waals surface area contributed by atoms with E-state index in [1.165, 1.54) is 0 Å². The Hall–Kier alpha value is -2.19. The summed E-state index contributed by atoms with van der Waals surface area (Å²) in [7, 11) is 0. The van der Waals surface area contributed by atoms with Crippen molar-refractivity contribution >= 4 is 34.1 Å². The molecule has 4 rings (SSSR count). The molecule has 1 aliphatic rings. The number of aromatic amines is 1. The van der Waals surface area contributed by atoms with Crippen molar-refractivity contribution in [2.45, 2.75) is 26.8 Å². The minimum atomic E-state index is 0.662. The van der Waals surface area contributed by atoms with E-state index in [2.05, 4.69) is 38.6 Å². The third-order valence-electron chi connectivity index (χ3n) is 4.24. The molecule has 0 amide bonds. The van der Waals surface area contributed by atoms with E-state index >= 15 is 0 Å². The smallest absolute Gasteiger partial charge is 0.229 e. The minimum Gasteiger partial charge on any atom is -0.378 e. The van der Waals surface area contributed by atoms with Crippen molar-refractivity contribution in [1.29, 1.82) is 0 Å². The molecule has 3 aromatic heterocycles. The summed E-state index contributed by atoms with van der Waals surface area (Å²) in [6, 6.07) is 2.08. The van der Waals surface area contributed by atoms with Crippen LogP contribution in [0.4, 0.5) is 11.8 Å². The molecule has 8 heteroatoms. The first-order valence-electron chi connectivity index (χ1n) is 8.60. The Bertz CT molecular complexity index is 867. The normalized spacial score (nSPS) is 15.0. The maximum Gasteiger partial charge on any atom is 0.229 e. The lowest BCUT2D eigenvalue weighted by molar-refractivity contribution is 0.122. The minimum absolute atomic E-state index is 0.662. The fourth-order valence-electron chi connectivity index (χ4n) is 2.94. The van der Waals surface area contributed by atoms with E-state index in [-0.39, 0.29) is 0 Å². The summed E-state index contributed by atoms with van der Waals surface area (Å²) >= 11 is 1.71. The van der Waals surface area contributed by atoms with Gasteiger partial charge in [0.1, 0.15) is 11.5 Å². The van der Waals surface area contributed by atoms with E-state index in [1.807, 2.05) is 6.92 Å². The zero-order valence-corrected chi connectivity index (χ0v) is 15.3. The summed E-state index contributed by atoms with van der Waals surface area (Å²) in [5.41, 5.74) is 2.99. The number of rotatable bonds is 5. The lowest BCUT2D eigenvalue weighted by Crippen LogP contribution is -2.37. The van der Waals surface area contributed by atoms with Crippen LogP contribution in [0.3, 0.4) is 0 Å². The van der Waals surface area contributed by atoms with Crippen molar-refractivity contribution in [3.63, 3.8) is 0 Å². The Labute approximate surface area is 150 Å². The van der Waals surface area contributed by atoms with E-state index in [9.17, 15) is 0 Å². The van der Waals surface area contributed by atoms with Gasteiger partial charge in [0.05, 0.1) is 35.8 Å². The van der Waals surface area contributed by atoms with Gasteiger partial charge in [0.2, 0.25) is 5.95 Å². The zero-order chi connectivity index (χ0) is 17.2. The highest BCUT2D eigenvalue weighted by atomic mass is 32.1. The molecule has 4 heterocycles. The predicted molar refractivity (Wildman–Crippen MR) is 100 cm³/mol. The molecular weight excluding hydrogens is 336 g/mol. The Balaban J connectivity index is 1.63. The highest BCUT2D eigenvalue weighted by molar-refractivity contribution is 7.09. The molecule has 7 nitrogen and oxygen atoms in total. The summed E-state index contributed by atoms with van der Waals surface area (Å²) in [6.07, 6.45) is 0.973. The largest absolute Gasteiger partial charge is 0.378 e. The third-order valence-corrected chi connectivity index (χ3v) is 5.28. The molecule has 1 saturated heterocycles. The zero-order valence-electron chi connectivity index (χ0n) is 14.5. The van der Waals surface area contributed by atoms with E-state index in [0.29, 0.717) is 19.8 Å². The average molecular weight is 358 g/mol. The van der Waals surface area contributed by atoms with Crippen molar-refractivity contribution in [2.75, 3.05) is 36.5 Å². The first-order chi connectivity index (χ1) is 12.2. The van der Waals surface area contributed by atoms with E-state index in [1.54, 1.807) is 11.3 Å². The van der Waals surface area contributed by atoms with E-state index in [0.717, 1.165) is 58.7 Å². The second-order valence-electron chi connectivity index (χ2n) is 6.13. The highest BCUT2D eigenvalue weighted by Gasteiger charge is 2.17. The Morgan fingerprint density at radius 1 is 1.28 bits per heavy atom. The topological polar surface area (TPSA) is 79.0 Å². The van der Waals surface area contributed by atoms with Gasteiger partial charge >= 0.3 is 0 Å². The Kier molecular flexibility index (Phi) is 4.54. The molecule has 0 bridgehead atoms. The molecule has 132 valence electrons. The molecule has 0 atom stereocenters. The van der Waals surface area contributed by atoms with Crippen molar-refractivity contribution < 1.29 is 4.74 Å². The van der Waals surface area contributed by atoms with Gasteiger partial charge in [0.25, 0.3) is 0 Å². The first-order valence-corrected chi connectivity index (χ1v) is 9.48. The predicted octanol–water partition coefficient (Wildman–Crippen LogP) is 2.73. The highest BCUT2D eigenvalue weighted by Crippen LogP contribution is 2.25. The Morgan fingerprint density at radius 3 is 2.88 bits per heavy atom. The van der Waals surface area contributed by atoms with Crippen LogP contribution in [-0.2, 0) is 17.7 Å². The van der Waals surface area contributed by atoms with Gasteiger partial charge < -0.3 is 19.9 Å². The summed E-state index contributed by atoms with van der Waals surface area (Å²) in [5.74, 6) is 1.59. The maximum atomic E-state index is 5.43. The van der Waals surface area contributed by atoms with Gasteiger partial charge in [-0.15, -0.1) is 11.3 Å². The fraction of sp³-hybridized carbons (Fsp3) is 0.471. The van der Waals surface area contributed by atoms with Gasteiger partial charge in [0.15, 0.2) is 0 Å². The number of fused-ring (bicyclic) bond motifs is 1. The number of hydrogen-bond acceptors (Lipinski definition) is 7. The fourth-order valence-corrected chi connectivity index (χ4v) is 3.68. The second-order valence-corrected chi connectivity index (χ2v) is 7.07. The van der Waals surface area contributed by atoms with Gasteiger partial charge in [-0.25, -0.2) is 4.98 Å². The van der Waals surface area contributed by atoms with Crippen LogP contribution in [0.5, 0.6) is 0 Å². The van der Waals surface area contributed by atoms with Gasteiger partial charge in [-0.1, -0.05) is 6.92 Å². The monoisotopic (exact) mass is 358 g/mol. The SMILES string of the molecule is CCc1nc(CNc2nc(N3CCOCC3)nc3[nH]c(C)cc23)cs1. The van der Waals surface area contributed by atoms with Crippen molar-refractivity contribution in [3.05, 3.63) is 27.8 Å².